The average Bonchev–Trinajstić information content (AvgIpc) is 3.42. The van der Waals surface area contributed by atoms with Crippen molar-refractivity contribution in [2.75, 3.05) is 18.0 Å². The molecule has 0 amide bonds. The highest BCUT2D eigenvalue weighted by Gasteiger charge is 2.38. The smallest absolute Gasteiger partial charge is 0.305 e. The van der Waals surface area contributed by atoms with Crippen LogP contribution in [0.15, 0.2) is 77.8 Å². The van der Waals surface area contributed by atoms with Crippen molar-refractivity contribution in [1.29, 1.82) is 0 Å². The predicted molar refractivity (Wildman–Crippen MR) is 110 cm³/mol. The Balaban J connectivity index is 1.55. The molecule has 0 atom stereocenters. The molecule has 6 rings (SSSR count). The Hall–Kier alpha value is -3.20. The number of hydrogen-bond acceptors (Lipinski definition) is 1. The molecule has 3 heterocycles. The van der Waals surface area contributed by atoms with Gasteiger partial charge in [0.05, 0.1) is 17.7 Å². The average molecular weight is 350 g/mol. The van der Waals surface area contributed by atoms with Crippen LogP contribution in [0.3, 0.4) is 0 Å². The lowest BCUT2D eigenvalue weighted by atomic mass is 10.1. The minimum Gasteiger partial charge on any atom is -0.305 e. The lowest BCUT2D eigenvalue weighted by Gasteiger charge is -2.16. The molecule has 3 nitrogen and oxygen atoms in total. The Labute approximate surface area is 158 Å². The fourth-order valence-corrected chi connectivity index (χ4v) is 4.62. The molecule has 0 radical (unpaired) electrons. The van der Waals surface area contributed by atoms with Gasteiger partial charge < -0.3 is 4.90 Å². The number of nitrogens with zero attached hydrogens (tertiary/aromatic N) is 3. The van der Waals surface area contributed by atoms with Crippen molar-refractivity contribution in [2.24, 2.45) is 4.99 Å². The molecule has 0 saturated carbocycles. The summed E-state index contributed by atoms with van der Waals surface area (Å²) in [5, 5.41) is 0. The number of para-hydroxylation sites is 2. The molecule has 0 aliphatic carbocycles. The van der Waals surface area contributed by atoms with E-state index in [2.05, 4.69) is 82.3 Å². The van der Waals surface area contributed by atoms with Gasteiger partial charge in [0.15, 0.2) is 0 Å². The summed E-state index contributed by atoms with van der Waals surface area (Å²) in [4.78, 5) is 7.59. The van der Waals surface area contributed by atoms with Crippen LogP contribution in [-0.4, -0.2) is 29.3 Å². The van der Waals surface area contributed by atoms with Crippen LogP contribution in [-0.2, 0) is 12.8 Å². The maximum Gasteiger partial charge on any atom is 0.334 e. The van der Waals surface area contributed by atoms with E-state index in [1.54, 1.807) is 0 Å². The zero-order valence-electron chi connectivity index (χ0n) is 15.1. The Morgan fingerprint density at radius 2 is 1.48 bits per heavy atom. The van der Waals surface area contributed by atoms with Crippen molar-refractivity contribution >= 4 is 23.0 Å². The zero-order chi connectivity index (χ0) is 17.8. The molecule has 0 unspecified atom stereocenters. The first kappa shape index (κ1) is 14.9. The van der Waals surface area contributed by atoms with Crippen molar-refractivity contribution in [2.45, 2.75) is 12.8 Å². The highest BCUT2D eigenvalue weighted by molar-refractivity contribution is 6.26. The molecule has 3 aliphatic heterocycles. The van der Waals surface area contributed by atoms with Gasteiger partial charge in [-0.05, 0) is 41.2 Å². The molecule has 0 aromatic heterocycles. The topological polar surface area (TPSA) is 18.6 Å². The van der Waals surface area contributed by atoms with Gasteiger partial charge in [-0.3, -0.25) is 0 Å². The lowest BCUT2D eigenvalue weighted by molar-refractivity contribution is -0.429. The number of amidine groups is 2. The summed E-state index contributed by atoms with van der Waals surface area (Å²) in [6.07, 6.45) is 2.17. The van der Waals surface area contributed by atoms with Gasteiger partial charge in [0.2, 0.25) is 0 Å². The number of hydrogen-bond donors (Lipinski definition) is 0. The molecule has 0 saturated heterocycles. The molecule has 27 heavy (non-hydrogen) atoms. The van der Waals surface area contributed by atoms with Crippen LogP contribution in [0.2, 0.25) is 0 Å². The Morgan fingerprint density at radius 1 is 0.741 bits per heavy atom. The summed E-state index contributed by atoms with van der Waals surface area (Å²) in [5.41, 5.74) is 7.92. The van der Waals surface area contributed by atoms with E-state index in [1.807, 2.05) is 0 Å². The van der Waals surface area contributed by atoms with Crippen LogP contribution in [0, 0.1) is 0 Å². The Bertz CT molecular complexity index is 1140. The molecule has 130 valence electrons. The minimum absolute atomic E-state index is 0.996. The van der Waals surface area contributed by atoms with Gasteiger partial charge in [0, 0.05) is 24.2 Å². The van der Waals surface area contributed by atoms with E-state index in [0.29, 0.717) is 0 Å². The van der Waals surface area contributed by atoms with Crippen molar-refractivity contribution in [3.05, 3.63) is 95.1 Å². The quantitative estimate of drug-likeness (QED) is 0.557. The van der Waals surface area contributed by atoms with Crippen molar-refractivity contribution in [1.82, 2.24) is 0 Å². The first-order valence-electron chi connectivity index (χ1n) is 9.66. The number of benzene rings is 3. The summed E-state index contributed by atoms with van der Waals surface area (Å²) < 4.78 is 2.39. The maximum absolute atomic E-state index is 5.20. The first-order valence-corrected chi connectivity index (χ1v) is 9.66. The first-order chi connectivity index (χ1) is 13.4. The molecule has 3 aromatic carbocycles. The van der Waals surface area contributed by atoms with E-state index in [4.69, 9.17) is 4.99 Å². The van der Waals surface area contributed by atoms with Crippen molar-refractivity contribution in [3.63, 3.8) is 0 Å². The monoisotopic (exact) mass is 350 g/mol. The van der Waals surface area contributed by atoms with E-state index in [1.165, 1.54) is 33.6 Å². The predicted octanol–water partition coefficient (Wildman–Crippen LogP) is 4.16. The lowest BCUT2D eigenvalue weighted by Crippen LogP contribution is -2.28. The number of fused-ring (bicyclic) bond motifs is 3. The zero-order valence-corrected chi connectivity index (χ0v) is 15.1. The largest absolute Gasteiger partial charge is 0.334 e. The Morgan fingerprint density at radius 3 is 2.41 bits per heavy atom. The molecule has 0 N–H and O–H groups in total. The third kappa shape index (κ3) is 2.15. The molecular formula is C24H20N3+. The van der Waals surface area contributed by atoms with E-state index < -0.39 is 0 Å². The third-order valence-electron chi connectivity index (χ3n) is 5.91. The van der Waals surface area contributed by atoms with Crippen molar-refractivity contribution in [3.8, 4) is 0 Å². The second kappa shape index (κ2) is 5.65. The fourth-order valence-electron chi connectivity index (χ4n) is 4.62. The summed E-state index contributed by atoms with van der Waals surface area (Å²) in [6.45, 7) is 1.99. The van der Waals surface area contributed by atoms with Gasteiger partial charge in [-0.2, -0.15) is 0 Å². The highest BCUT2D eigenvalue weighted by atomic mass is 15.2. The summed E-state index contributed by atoms with van der Waals surface area (Å²) in [6, 6.07) is 26.1. The Kier molecular flexibility index (Phi) is 3.12. The van der Waals surface area contributed by atoms with E-state index in [0.717, 1.165) is 37.6 Å². The van der Waals surface area contributed by atoms with Crippen LogP contribution in [0.5, 0.6) is 0 Å². The summed E-state index contributed by atoms with van der Waals surface area (Å²) in [7, 11) is 0. The molecule has 0 bridgehead atoms. The van der Waals surface area contributed by atoms with Gasteiger partial charge in [-0.25, -0.2) is 4.58 Å². The molecule has 0 fully saturated rings. The van der Waals surface area contributed by atoms with E-state index >= 15 is 0 Å². The molecular weight excluding hydrogens is 330 g/mol. The summed E-state index contributed by atoms with van der Waals surface area (Å²) >= 11 is 0. The van der Waals surface area contributed by atoms with Gasteiger partial charge in [0.25, 0.3) is 5.84 Å². The number of rotatable bonds is 0. The van der Waals surface area contributed by atoms with Gasteiger partial charge in [-0.1, -0.05) is 48.5 Å². The van der Waals surface area contributed by atoms with E-state index in [9.17, 15) is 0 Å². The molecule has 3 aromatic rings. The molecule has 3 heteroatoms. The maximum atomic E-state index is 5.20. The third-order valence-corrected chi connectivity index (χ3v) is 5.91. The van der Waals surface area contributed by atoms with Crippen LogP contribution in [0.1, 0.15) is 22.3 Å². The number of aliphatic imine (C=N–C) groups is 1. The highest BCUT2D eigenvalue weighted by Crippen LogP contribution is 2.34. The second-order valence-corrected chi connectivity index (χ2v) is 7.37. The second-order valence-electron chi connectivity index (χ2n) is 7.37. The molecule has 3 aliphatic rings. The SMILES string of the molecule is c1ccc2c(c1)CCN2C1=NC(=[N+]2CCc3ccccc32)c2ccccc21. The van der Waals surface area contributed by atoms with E-state index in [-0.39, 0.29) is 0 Å². The van der Waals surface area contributed by atoms with Crippen LogP contribution in [0.25, 0.3) is 0 Å². The van der Waals surface area contributed by atoms with Crippen LogP contribution >= 0.6 is 0 Å². The number of anilines is 1. The van der Waals surface area contributed by atoms with Crippen LogP contribution < -0.4 is 4.90 Å². The minimum atomic E-state index is 0.996. The fraction of sp³-hybridized carbons (Fsp3) is 0.167. The van der Waals surface area contributed by atoms with Crippen molar-refractivity contribution < 1.29 is 4.58 Å². The normalized spacial score (nSPS) is 19.7. The molecule has 0 spiro atoms. The van der Waals surface area contributed by atoms with Gasteiger partial charge >= 0.3 is 5.84 Å². The summed E-state index contributed by atoms with van der Waals surface area (Å²) in [5.74, 6) is 2.19. The van der Waals surface area contributed by atoms with Gasteiger partial charge in [0.1, 0.15) is 5.69 Å². The van der Waals surface area contributed by atoms with Gasteiger partial charge in [-0.15, -0.1) is 0 Å². The van der Waals surface area contributed by atoms with Crippen LogP contribution in [0.4, 0.5) is 11.4 Å². The standard InChI is InChI=1S/C24H20N3/c1-5-11-21-17(7-1)13-15-26(21)23-19-9-3-4-10-20(19)24(25-23)27-16-14-18-8-2-6-12-22(18)27/h1-12H,13-16H2/q+1.